The third-order valence-electron chi connectivity index (χ3n) is 2.22. The summed E-state index contributed by atoms with van der Waals surface area (Å²) in [7, 11) is -3.77. The molecular weight excluding hydrogens is 256 g/mol. The molecule has 0 aliphatic carbocycles. The molecule has 1 rings (SSSR count). The van der Waals surface area contributed by atoms with Crippen molar-refractivity contribution in [1.82, 2.24) is 4.47 Å². The van der Waals surface area contributed by atoms with Crippen molar-refractivity contribution in [3.63, 3.8) is 0 Å². The smallest absolute Gasteiger partial charge is 0.265 e. The molecule has 0 fully saturated rings. The van der Waals surface area contributed by atoms with Crippen LogP contribution in [-0.4, -0.2) is 31.9 Å². The molecule has 0 saturated heterocycles. The Hall–Kier alpha value is -1.44. The first kappa shape index (κ1) is 14.6. The molecule has 7 heteroatoms. The topological polar surface area (TPSA) is 89.7 Å². The van der Waals surface area contributed by atoms with Crippen molar-refractivity contribution in [2.24, 2.45) is 5.73 Å². The van der Waals surface area contributed by atoms with Crippen LogP contribution < -0.4 is 5.73 Å². The number of nitrogens with zero attached hydrogens (tertiary/aromatic N) is 1. The highest BCUT2D eigenvalue weighted by molar-refractivity contribution is 7.89. The molecule has 0 bridgehead atoms. The molecule has 0 aliphatic heterocycles. The zero-order valence-corrected chi connectivity index (χ0v) is 11.1. The number of sulfonamides is 1. The number of carbonyl (C=O) groups is 1. The van der Waals surface area contributed by atoms with Crippen LogP contribution in [0.1, 0.15) is 24.2 Å². The summed E-state index contributed by atoms with van der Waals surface area (Å²) in [6, 6.07) is 5.55. The fourth-order valence-electron chi connectivity index (χ4n) is 1.40. The van der Waals surface area contributed by atoms with E-state index in [2.05, 4.69) is 0 Å². The largest absolute Gasteiger partial charge is 0.366 e. The molecule has 0 unspecified atom stereocenters. The summed E-state index contributed by atoms with van der Waals surface area (Å²) in [5.74, 6) is -0.675. The fraction of sp³-hybridized carbons (Fsp3) is 0.364. The molecule has 1 aromatic rings. The number of hydrogen-bond donors (Lipinski definition) is 1. The second kappa shape index (κ2) is 5.94. The van der Waals surface area contributed by atoms with Crippen molar-refractivity contribution in [3.05, 3.63) is 29.8 Å². The van der Waals surface area contributed by atoms with Crippen LogP contribution in [0, 0.1) is 0 Å². The second-order valence-electron chi connectivity index (χ2n) is 3.43. The van der Waals surface area contributed by atoms with Gasteiger partial charge >= 0.3 is 0 Å². The first-order chi connectivity index (χ1) is 8.43. The highest BCUT2D eigenvalue weighted by Gasteiger charge is 2.24. The van der Waals surface area contributed by atoms with Crippen molar-refractivity contribution in [2.75, 3.05) is 13.2 Å². The highest BCUT2D eigenvalue weighted by atomic mass is 32.2. The Balaban J connectivity index is 3.19. The van der Waals surface area contributed by atoms with Crippen molar-refractivity contribution < 1.29 is 18.0 Å². The van der Waals surface area contributed by atoms with E-state index < -0.39 is 15.9 Å². The van der Waals surface area contributed by atoms with Gasteiger partial charge in [-0.3, -0.25) is 9.63 Å². The van der Waals surface area contributed by atoms with Crippen LogP contribution in [0.3, 0.4) is 0 Å². The number of carbonyl (C=O) groups excluding carboxylic acids is 1. The zero-order valence-electron chi connectivity index (χ0n) is 10.3. The van der Waals surface area contributed by atoms with Crippen LogP contribution in [-0.2, 0) is 14.9 Å². The van der Waals surface area contributed by atoms with Gasteiger partial charge in [0, 0.05) is 12.1 Å². The molecule has 0 spiro atoms. The molecule has 1 aromatic carbocycles. The number of benzene rings is 1. The Bertz CT molecular complexity index is 528. The Morgan fingerprint density at radius 3 is 2.56 bits per heavy atom. The molecule has 18 heavy (non-hydrogen) atoms. The van der Waals surface area contributed by atoms with Crippen molar-refractivity contribution >= 4 is 15.9 Å². The number of primary amides is 1. The van der Waals surface area contributed by atoms with Crippen LogP contribution in [0.5, 0.6) is 0 Å². The quantitative estimate of drug-likeness (QED) is 0.774. The van der Waals surface area contributed by atoms with Gasteiger partial charge in [-0.1, -0.05) is 10.5 Å². The van der Waals surface area contributed by atoms with Gasteiger partial charge in [0.2, 0.25) is 5.91 Å². The van der Waals surface area contributed by atoms with Gasteiger partial charge in [0.25, 0.3) is 10.0 Å². The summed E-state index contributed by atoms with van der Waals surface area (Å²) in [4.78, 5) is 16.0. The number of amides is 1. The van der Waals surface area contributed by atoms with Crippen molar-refractivity contribution in [1.29, 1.82) is 0 Å². The van der Waals surface area contributed by atoms with Gasteiger partial charge < -0.3 is 5.73 Å². The third kappa shape index (κ3) is 3.06. The van der Waals surface area contributed by atoms with Crippen LogP contribution in [0.4, 0.5) is 0 Å². The number of rotatable bonds is 6. The van der Waals surface area contributed by atoms with E-state index in [0.717, 1.165) is 4.47 Å². The molecular formula is C11H16N2O4S. The van der Waals surface area contributed by atoms with Crippen LogP contribution in [0.15, 0.2) is 29.2 Å². The van der Waals surface area contributed by atoms with E-state index in [1.54, 1.807) is 13.8 Å². The summed E-state index contributed by atoms with van der Waals surface area (Å²) in [6.45, 7) is 3.77. The minimum atomic E-state index is -3.77. The molecule has 100 valence electrons. The SMILES string of the molecule is CCON(CC)S(=O)(=O)c1cccc(C(N)=O)c1. The average molecular weight is 272 g/mol. The van der Waals surface area contributed by atoms with Gasteiger partial charge in [-0.15, -0.1) is 0 Å². The molecule has 1 amide bonds. The molecule has 2 N–H and O–H groups in total. The molecule has 0 heterocycles. The van der Waals surface area contributed by atoms with Gasteiger partial charge in [-0.05, 0) is 32.0 Å². The van der Waals surface area contributed by atoms with Gasteiger partial charge in [-0.2, -0.15) is 0 Å². The van der Waals surface area contributed by atoms with E-state index in [4.69, 9.17) is 10.6 Å². The molecule has 6 nitrogen and oxygen atoms in total. The number of nitrogens with two attached hydrogens (primary N) is 1. The van der Waals surface area contributed by atoms with Crippen molar-refractivity contribution in [3.8, 4) is 0 Å². The lowest BCUT2D eigenvalue weighted by Gasteiger charge is -2.19. The maximum Gasteiger partial charge on any atom is 0.265 e. The molecule has 0 aliphatic rings. The summed E-state index contributed by atoms with van der Waals surface area (Å²) in [5, 5.41) is 0. The minimum Gasteiger partial charge on any atom is -0.366 e. The Kier molecular flexibility index (Phi) is 4.83. The predicted octanol–water partition coefficient (Wildman–Crippen LogP) is 0.748. The first-order valence-corrected chi connectivity index (χ1v) is 6.93. The zero-order chi connectivity index (χ0) is 13.8. The van der Waals surface area contributed by atoms with Crippen LogP contribution >= 0.6 is 0 Å². The standard InChI is InChI=1S/C11H16N2O4S/c1-3-13(17-4-2)18(15,16)10-7-5-6-9(8-10)11(12)14/h5-8H,3-4H2,1-2H3,(H2,12,14). The Morgan fingerprint density at radius 1 is 1.39 bits per heavy atom. The van der Waals surface area contributed by atoms with E-state index in [1.165, 1.54) is 24.3 Å². The predicted molar refractivity (Wildman–Crippen MR) is 66.2 cm³/mol. The van der Waals surface area contributed by atoms with Gasteiger partial charge in [0.1, 0.15) is 0 Å². The summed E-state index contributed by atoms with van der Waals surface area (Å²) in [5.41, 5.74) is 5.26. The van der Waals surface area contributed by atoms with E-state index in [9.17, 15) is 13.2 Å². The first-order valence-electron chi connectivity index (χ1n) is 5.49. The van der Waals surface area contributed by atoms with Gasteiger partial charge in [-0.25, -0.2) is 8.42 Å². The van der Waals surface area contributed by atoms with E-state index in [0.29, 0.717) is 0 Å². The monoisotopic (exact) mass is 272 g/mol. The maximum absolute atomic E-state index is 12.2. The molecule has 0 aromatic heterocycles. The lowest BCUT2D eigenvalue weighted by atomic mass is 10.2. The Labute approximate surface area is 106 Å². The lowest BCUT2D eigenvalue weighted by molar-refractivity contribution is -0.0743. The third-order valence-corrected chi connectivity index (χ3v) is 3.97. The molecule has 0 atom stereocenters. The summed E-state index contributed by atoms with van der Waals surface area (Å²) in [6.07, 6.45) is 0. The maximum atomic E-state index is 12.2. The number of hydroxylamine groups is 1. The van der Waals surface area contributed by atoms with E-state index >= 15 is 0 Å². The average Bonchev–Trinajstić information content (AvgIpc) is 2.35. The minimum absolute atomic E-state index is 0.0194. The second-order valence-corrected chi connectivity index (χ2v) is 5.26. The summed E-state index contributed by atoms with van der Waals surface area (Å²) >= 11 is 0. The van der Waals surface area contributed by atoms with Crippen LogP contribution in [0.2, 0.25) is 0 Å². The molecule has 0 radical (unpaired) electrons. The molecule has 0 saturated carbocycles. The normalized spacial score (nSPS) is 11.7. The van der Waals surface area contributed by atoms with Gasteiger partial charge in [0.15, 0.2) is 0 Å². The Morgan fingerprint density at radius 2 is 2.06 bits per heavy atom. The van der Waals surface area contributed by atoms with E-state index in [1.807, 2.05) is 0 Å². The lowest BCUT2D eigenvalue weighted by Crippen LogP contribution is -2.31. The number of hydrogen-bond acceptors (Lipinski definition) is 4. The summed E-state index contributed by atoms with van der Waals surface area (Å²) < 4.78 is 25.2. The van der Waals surface area contributed by atoms with Crippen LogP contribution in [0.25, 0.3) is 0 Å². The van der Waals surface area contributed by atoms with E-state index in [-0.39, 0.29) is 23.6 Å². The van der Waals surface area contributed by atoms with Gasteiger partial charge in [0.05, 0.1) is 11.5 Å². The fourth-order valence-corrected chi connectivity index (χ4v) is 2.75. The highest BCUT2D eigenvalue weighted by Crippen LogP contribution is 2.17. The van der Waals surface area contributed by atoms with Crippen molar-refractivity contribution in [2.45, 2.75) is 18.7 Å².